The van der Waals surface area contributed by atoms with Crippen LogP contribution in [-0.4, -0.2) is 24.0 Å². The summed E-state index contributed by atoms with van der Waals surface area (Å²) in [5.41, 5.74) is 5.45. The first-order chi connectivity index (χ1) is 4.26. The summed E-state index contributed by atoms with van der Waals surface area (Å²) in [6.45, 7) is 1.75. The Morgan fingerprint density at radius 3 is 2.44 bits per heavy atom. The van der Waals surface area contributed by atoms with Crippen molar-refractivity contribution in [3.05, 3.63) is 0 Å². The molecule has 54 valence electrons. The van der Waals surface area contributed by atoms with Crippen LogP contribution in [0, 0.1) is 5.92 Å². The van der Waals surface area contributed by atoms with Gasteiger partial charge in [-0.05, 0) is 6.42 Å². The Hall–Kier alpha value is -0.410. The molecular formula is C6H13NO2. The van der Waals surface area contributed by atoms with E-state index in [-0.39, 0.29) is 18.6 Å². The Kier molecular flexibility index (Phi) is 4.26. The first-order valence-electron chi connectivity index (χ1n) is 3.08. The van der Waals surface area contributed by atoms with Gasteiger partial charge in [-0.1, -0.05) is 6.92 Å². The van der Waals surface area contributed by atoms with Crippen molar-refractivity contribution >= 4 is 6.29 Å². The molecule has 0 bridgehead atoms. The van der Waals surface area contributed by atoms with Gasteiger partial charge in [0.1, 0.15) is 6.29 Å². The van der Waals surface area contributed by atoms with Crippen molar-refractivity contribution in [1.29, 1.82) is 0 Å². The number of aliphatic hydroxyl groups is 1. The lowest BCUT2D eigenvalue weighted by Gasteiger charge is -2.12. The smallest absolute Gasteiger partial charge is 0.126 e. The van der Waals surface area contributed by atoms with E-state index in [4.69, 9.17) is 10.8 Å². The van der Waals surface area contributed by atoms with Gasteiger partial charge in [-0.2, -0.15) is 0 Å². The molecular weight excluding hydrogens is 118 g/mol. The minimum Gasteiger partial charge on any atom is -0.396 e. The third-order valence-electron chi connectivity index (χ3n) is 1.41. The number of aliphatic hydroxyl groups excluding tert-OH is 1. The van der Waals surface area contributed by atoms with Crippen molar-refractivity contribution in [3.8, 4) is 0 Å². The second-order valence-electron chi connectivity index (χ2n) is 2.05. The lowest BCUT2D eigenvalue weighted by atomic mass is 10.0. The highest BCUT2D eigenvalue weighted by atomic mass is 16.3. The summed E-state index contributed by atoms with van der Waals surface area (Å²) < 4.78 is 0. The second-order valence-corrected chi connectivity index (χ2v) is 2.05. The van der Waals surface area contributed by atoms with E-state index in [1.165, 1.54) is 0 Å². The molecule has 3 nitrogen and oxygen atoms in total. The van der Waals surface area contributed by atoms with Gasteiger partial charge >= 0.3 is 0 Å². The number of hydrogen-bond acceptors (Lipinski definition) is 3. The van der Waals surface area contributed by atoms with Gasteiger partial charge < -0.3 is 15.6 Å². The Bertz CT molecular complexity index is 85.1. The van der Waals surface area contributed by atoms with Crippen LogP contribution in [0.25, 0.3) is 0 Å². The molecule has 1 unspecified atom stereocenters. The van der Waals surface area contributed by atoms with Crippen molar-refractivity contribution in [2.75, 3.05) is 6.61 Å². The van der Waals surface area contributed by atoms with E-state index in [0.717, 1.165) is 6.42 Å². The number of aldehydes is 1. The lowest BCUT2D eigenvalue weighted by Crippen LogP contribution is -2.32. The maximum Gasteiger partial charge on any atom is 0.126 e. The first kappa shape index (κ1) is 8.59. The van der Waals surface area contributed by atoms with Crippen LogP contribution in [0.5, 0.6) is 0 Å². The number of carbonyl (C=O) groups excluding carboxylic acids is 1. The van der Waals surface area contributed by atoms with Crippen LogP contribution in [0.1, 0.15) is 13.3 Å². The molecule has 3 heteroatoms. The highest BCUT2D eigenvalue weighted by Gasteiger charge is 2.12. The molecule has 0 rings (SSSR count). The molecule has 0 spiro atoms. The molecule has 0 radical (unpaired) electrons. The molecule has 3 N–H and O–H groups in total. The molecule has 0 saturated carbocycles. The van der Waals surface area contributed by atoms with E-state index in [1.54, 1.807) is 0 Å². The SMILES string of the molecule is CC[C@@H](N)C(C=O)CO. The largest absolute Gasteiger partial charge is 0.396 e. The molecule has 9 heavy (non-hydrogen) atoms. The van der Waals surface area contributed by atoms with Crippen LogP contribution < -0.4 is 5.73 Å². The minimum atomic E-state index is -0.380. The topological polar surface area (TPSA) is 63.3 Å². The summed E-state index contributed by atoms with van der Waals surface area (Å²) in [5.74, 6) is -0.380. The molecule has 0 heterocycles. The summed E-state index contributed by atoms with van der Waals surface area (Å²) in [5, 5.41) is 8.52. The van der Waals surface area contributed by atoms with E-state index in [9.17, 15) is 4.79 Å². The standard InChI is InChI=1S/C6H13NO2/c1-2-6(7)5(3-8)4-9/h3,5-6,9H,2,4,7H2,1H3/t5?,6-/m1/s1. The summed E-state index contributed by atoms with van der Waals surface area (Å²) in [6.07, 6.45) is 1.43. The summed E-state index contributed by atoms with van der Waals surface area (Å²) in [7, 11) is 0. The van der Waals surface area contributed by atoms with Crippen LogP contribution in [0.4, 0.5) is 0 Å². The van der Waals surface area contributed by atoms with Gasteiger partial charge in [-0.15, -0.1) is 0 Å². The number of rotatable bonds is 4. The fourth-order valence-corrected chi connectivity index (χ4v) is 0.582. The van der Waals surface area contributed by atoms with E-state index in [2.05, 4.69) is 0 Å². The number of carbonyl (C=O) groups is 1. The predicted octanol–water partition coefficient (Wildman–Crippen LogP) is -0.469. The molecule has 0 aromatic rings. The third kappa shape index (κ3) is 2.58. The average molecular weight is 131 g/mol. The van der Waals surface area contributed by atoms with Gasteiger partial charge in [0.15, 0.2) is 0 Å². The zero-order chi connectivity index (χ0) is 7.28. The van der Waals surface area contributed by atoms with Crippen molar-refractivity contribution in [1.82, 2.24) is 0 Å². The summed E-state index contributed by atoms with van der Waals surface area (Å²) in [4.78, 5) is 10.1. The van der Waals surface area contributed by atoms with Gasteiger partial charge in [0.2, 0.25) is 0 Å². The molecule has 0 saturated heterocycles. The zero-order valence-electron chi connectivity index (χ0n) is 5.58. The van der Waals surface area contributed by atoms with Gasteiger partial charge in [0, 0.05) is 6.04 Å². The van der Waals surface area contributed by atoms with Crippen molar-refractivity contribution in [2.45, 2.75) is 19.4 Å². The van der Waals surface area contributed by atoms with Crippen molar-refractivity contribution in [3.63, 3.8) is 0 Å². The monoisotopic (exact) mass is 131 g/mol. The first-order valence-corrected chi connectivity index (χ1v) is 3.08. The second kappa shape index (κ2) is 4.47. The van der Waals surface area contributed by atoms with E-state index in [0.29, 0.717) is 6.29 Å². The van der Waals surface area contributed by atoms with Crippen LogP contribution in [0.15, 0.2) is 0 Å². The molecule has 0 aromatic heterocycles. The fourth-order valence-electron chi connectivity index (χ4n) is 0.582. The average Bonchev–Trinajstić information content (AvgIpc) is 1.90. The maximum atomic E-state index is 10.1. The maximum absolute atomic E-state index is 10.1. The van der Waals surface area contributed by atoms with E-state index in [1.807, 2.05) is 6.92 Å². The fraction of sp³-hybridized carbons (Fsp3) is 0.833. The lowest BCUT2D eigenvalue weighted by molar-refractivity contribution is -0.112. The zero-order valence-corrected chi connectivity index (χ0v) is 5.58. The van der Waals surface area contributed by atoms with Crippen LogP contribution in [0.2, 0.25) is 0 Å². The molecule has 0 fully saturated rings. The minimum absolute atomic E-state index is 0.140. The highest BCUT2D eigenvalue weighted by molar-refractivity contribution is 5.54. The summed E-state index contributed by atoms with van der Waals surface area (Å²) in [6, 6.07) is -0.188. The van der Waals surface area contributed by atoms with Crippen LogP contribution in [-0.2, 0) is 4.79 Å². The molecule has 0 aliphatic rings. The number of nitrogens with two attached hydrogens (primary N) is 1. The molecule has 2 atom stereocenters. The van der Waals surface area contributed by atoms with Gasteiger partial charge in [-0.3, -0.25) is 0 Å². The molecule has 0 aromatic carbocycles. The van der Waals surface area contributed by atoms with Gasteiger partial charge in [0.05, 0.1) is 12.5 Å². The number of hydrogen-bond donors (Lipinski definition) is 2. The molecule has 0 aliphatic heterocycles. The Balaban J connectivity index is 3.63. The van der Waals surface area contributed by atoms with Crippen LogP contribution in [0.3, 0.4) is 0 Å². The molecule has 0 amide bonds. The molecule has 0 aliphatic carbocycles. The third-order valence-corrected chi connectivity index (χ3v) is 1.41. The predicted molar refractivity (Wildman–Crippen MR) is 34.9 cm³/mol. The summed E-state index contributed by atoms with van der Waals surface area (Å²) >= 11 is 0. The van der Waals surface area contributed by atoms with E-state index >= 15 is 0 Å². The van der Waals surface area contributed by atoms with Gasteiger partial charge in [-0.25, -0.2) is 0 Å². The normalized spacial score (nSPS) is 16.8. The van der Waals surface area contributed by atoms with Gasteiger partial charge in [0.25, 0.3) is 0 Å². The van der Waals surface area contributed by atoms with Crippen LogP contribution >= 0.6 is 0 Å². The quantitative estimate of drug-likeness (QED) is 0.507. The Morgan fingerprint density at radius 2 is 2.33 bits per heavy atom. The van der Waals surface area contributed by atoms with Crippen molar-refractivity contribution in [2.24, 2.45) is 11.7 Å². The highest BCUT2D eigenvalue weighted by Crippen LogP contribution is 1.99. The Morgan fingerprint density at radius 1 is 1.78 bits per heavy atom. The van der Waals surface area contributed by atoms with Crippen molar-refractivity contribution < 1.29 is 9.90 Å². The Labute approximate surface area is 54.9 Å². The van der Waals surface area contributed by atoms with E-state index < -0.39 is 0 Å².